The fourth-order valence-electron chi connectivity index (χ4n) is 2.28. The maximum atomic E-state index is 5.48. The molecule has 0 radical (unpaired) electrons. The number of hydrogen-bond acceptors (Lipinski definition) is 4. The highest BCUT2D eigenvalue weighted by molar-refractivity contribution is 9.10. The van der Waals surface area contributed by atoms with Crippen molar-refractivity contribution in [3.63, 3.8) is 0 Å². The van der Waals surface area contributed by atoms with Crippen molar-refractivity contribution in [1.82, 2.24) is 24.5 Å². The largest absolute Gasteiger partial charge is 0.494 e. The van der Waals surface area contributed by atoms with Crippen LogP contribution < -0.4 is 4.74 Å². The van der Waals surface area contributed by atoms with Crippen molar-refractivity contribution in [3.8, 4) is 23.0 Å². The molecule has 0 aliphatic heterocycles. The molecule has 1 N–H and O–H groups in total. The van der Waals surface area contributed by atoms with Gasteiger partial charge in [-0.1, -0.05) is 0 Å². The lowest BCUT2D eigenvalue weighted by molar-refractivity contribution is 0.340. The minimum atomic E-state index is 0.513. The van der Waals surface area contributed by atoms with E-state index >= 15 is 0 Å². The number of aryl methyl sites for hydroxylation is 1. The Morgan fingerprint density at radius 1 is 1.30 bits per heavy atom. The van der Waals surface area contributed by atoms with Gasteiger partial charge >= 0.3 is 0 Å². The minimum Gasteiger partial charge on any atom is -0.494 e. The smallest absolute Gasteiger partial charge is 0.200 e. The number of H-pyrrole nitrogens is 1. The molecule has 0 saturated carbocycles. The molecule has 3 rings (SSSR count). The maximum absolute atomic E-state index is 5.48. The maximum Gasteiger partial charge on any atom is 0.200 e. The van der Waals surface area contributed by atoms with Crippen LogP contribution in [0.1, 0.15) is 12.6 Å². The van der Waals surface area contributed by atoms with Crippen LogP contribution in [0.2, 0.25) is 0 Å². The third-order valence-electron chi connectivity index (χ3n) is 3.55. The summed E-state index contributed by atoms with van der Waals surface area (Å²) in [6, 6.07) is 7.72. The highest BCUT2D eigenvalue weighted by atomic mass is 79.9. The number of halogens is 1. The van der Waals surface area contributed by atoms with Crippen molar-refractivity contribution in [3.05, 3.63) is 39.2 Å². The summed E-state index contributed by atoms with van der Waals surface area (Å²) in [4.78, 5) is 0. The fraction of sp³-hybridized carbons (Fsp3) is 0.267. The number of nitrogens with zero attached hydrogens (tertiary/aromatic N) is 4. The van der Waals surface area contributed by atoms with Crippen LogP contribution in [0.25, 0.3) is 17.2 Å². The SMILES string of the molecule is CCOc1ccc(-n2c(-c3nn(C)c(C)c3Br)n[nH]c2=S)cc1. The highest BCUT2D eigenvalue weighted by Gasteiger charge is 2.19. The molecule has 0 fully saturated rings. The molecule has 2 heterocycles. The molecule has 0 saturated heterocycles. The first-order valence-corrected chi connectivity index (χ1v) is 8.33. The summed E-state index contributed by atoms with van der Waals surface area (Å²) in [5.74, 6) is 1.48. The Bertz CT molecular complexity index is 894. The number of aromatic nitrogens is 5. The van der Waals surface area contributed by atoms with E-state index in [2.05, 4.69) is 31.2 Å². The summed E-state index contributed by atoms with van der Waals surface area (Å²) in [6.45, 7) is 4.58. The molecule has 0 spiro atoms. The minimum absolute atomic E-state index is 0.513. The second-order valence-electron chi connectivity index (χ2n) is 4.99. The molecule has 0 bridgehead atoms. The van der Waals surface area contributed by atoms with Gasteiger partial charge in [0.2, 0.25) is 0 Å². The normalized spacial score (nSPS) is 11.0. The Labute approximate surface area is 147 Å². The lowest BCUT2D eigenvalue weighted by atomic mass is 10.3. The van der Waals surface area contributed by atoms with Gasteiger partial charge in [0.05, 0.1) is 16.8 Å². The topological polar surface area (TPSA) is 60.7 Å². The van der Waals surface area contributed by atoms with Crippen molar-refractivity contribution in [2.45, 2.75) is 13.8 Å². The van der Waals surface area contributed by atoms with Gasteiger partial charge in [-0.2, -0.15) is 10.2 Å². The number of ether oxygens (including phenoxy) is 1. The first-order valence-electron chi connectivity index (χ1n) is 7.13. The molecular formula is C15H16BrN5OS. The van der Waals surface area contributed by atoms with Crippen molar-refractivity contribution < 1.29 is 4.74 Å². The van der Waals surface area contributed by atoms with Gasteiger partial charge in [0.25, 0.3) is 0 Å². The first-order chi connectivity index (χ1) is 11.0. The standard InChI is InChI=1S/C15H16BrN5OS/c1-4-22-11-7-5-10(6-8-11)21-14(17-18-15(21)23)13-12(16)9(2)20(3)19-13/h5-8H,4H2,1-3H3,(H,18,23). The summed E-state index contributed by atoms with van der Waals surface area (Å²) >= 11 is 8.97. The monoisotopic (exact) mass is 393 g/mol. The zero-order valence-corrected chi connectivity index (χ0v) is 15.4. The van der Waals surface area contributed by atoms with E-state index in [9.17, 15) is 0 Å². The molecule has 3 aromatic rings. The predicted molar refractivity (Wildman–Crippen MR) is 94.6 cm³/mol. The van der Waals surface area contributed by atoms with Crippen molar-refractivity contribution in [1.29, 1.82) is 0 Å². The number of aromatic amines is 1. The summed E-state index contributed by atoms with van der Waals surface area (Å²) in [6.07, 6.45) is 0. The molecule has 0 atom stereocenters. The highest BCUT2D eigenvalue weighted by Crippen LogP contribution is 2.30. The summed E-state index contributed by atoms with van der Waals surface area (Å²) in [7, 11) is 1.89. The second kappa shape index (κ2) is 6.29. The number of nitrogens with one attached hydrogen (secondary N) is 1. The van der Waals surface area contributed by atoms with Gasteiger partial charge in [-0.25, -0.2) is 0 Å². The Morgan fingerprint density at radius 2 is 2.00 bits per heavy atom. The van der Waals surface area contributed by atoms with Gasteiger partial charge in [0, 0.05) is 12.7 Å². The van der Waals surface area contributed by atoms with E-state index in [0.29, 0.717) is 17.2 Å². The van der Waals surface area contributed by atoms with Crippen molar-refractivity contribution >= 4 is 28.1 Å². The van der Waals surface area contributed by atoms with Gasteiger partial charge < -0.3 is 4.74 Å². The van der Waals surface area contributed by atoms with E-state index in [4.69, 9.17) is 17.0 Å². The zero-order chi connectivity index (χ0) is 16.6. The van der Waals surface area contributed by atoms with E-state index in [0.717, 1.165) is 27.3 Å². The van der Waals surface area contributed by atoms with Crippen LogP contribution in [0.15, 0.2) is 28.7 Å². The average Bonchev–Trinajstić information content (AvgIpc) is 3.04. The third-order valence-corrected chi connectivity index (χ3v) is 4.77. The fourth-order valence-corrected chi connectivity index (χ4v) is 3.03. The Morgan fingerprint density at radius 3 is 2.57 bits per heavy atom. The molecule has 23 heavy (non-hydrogen) atoms. The van der Waals surface area contributed by atoms with Crippen LogP contribution in [-0.2, 0) is 7.05 Å². The van der Waals surface area contributed by atoms with E-state index in [1.165, 1.54) is 0 Å². The summed E-state index contributed by atoms with van der Waals surface area (Å²) < 4.78 is 10.6. The number of benzene rings is 1. The third kappa shape index (κ3) is 2.84. The average molecular weight is 394 g/mol. The summed E-state index contributed by atoms with van der Waals surface area (Å²) in [5, 5.41) is 11.7. The predicted octanol–water partition coefficient (Wildman–Crippen LogP) is 3.80. The lowest BCUT2D eigenvalue weighted by Gasteiger charge is -2.07. The molecule has 6 nitrogen and oxygen atoms in total. The molecule has 0 aliphatic carbocycles. The first kappa shape index (κ1) is 15.9. The van der Waals surface area contributed by atoms with Crippen LogP contribution in [0, 0.1) is 11.7 Å². The van der Waals surface area contributed by atoms with Crippen LogP contribution in [0.3, 0.4) is 0 Å². The molecule has 8 heteroatoms. The molecule has 0 amide bonds. The van der Waals surface area contributed by atoms with Crippen LogP contribution >= 0.6 is 28.1 Å². The van der Waals surface area contributed by atoms with E-state index < -0.39 is 0 Å². The number of hydrogen-bond donors (Lipinski definition) is 1. The molecular weight excluding hydrogens is 378 g/mol. The van der Waals surface area contributed by atoms with Crippen molar-refractivity contribution in [2.75, 3.05) is 6.61 Å². The quantitative estimate of drug-likeness (QED) is 0.684. The van der Waals surface area contributed by atoms with Crippen LogP contribution in [0.5, 0.6) is 5.75 Å². The Kier molecular flexibility index (Phi) is 4.36. The molecule has 1 aromatic carbocycles. The van der Waals surface area contributed by atoms with Gasteiger partial charge in [-0.3, -0.25) is 14.3 Å². The molecule has 0 unspecified atom stereocenters. The van der Waals surface area contributed by atoms with Crippen molar-refractivity contribution in [2.24, 2.45) is 7.05 Å². The van der Waals surface area contributed by atoms with Gasteiger partial charge in [0.15, 0.2) is 10.6 Å². The summed E-state index contributed by atoms with van der Waals surface area (Å²) in [5.41, 5.74) is 2.66. The zero-order valence-electron chi connectivity index (χ0n) is 13.0. The van der Waals surface area contributed by atoms with E-state index in [-0.39, 0.29) is 0 Å². The van der Waals surface area contributed by atoms with Gasteiger partial charge in [-0.15, -0.1) is 0 Å². The number of rotatable bonds is 4. The molecule has 120 valence electrons. The van der Waals surface area contributed by atoms with Crippen LogP contribution in [-0.4, -0.2) is 31.2 Å². The van der Waals surface area contributed by atoms with E-state index in [1.54, 1.807) is 4.68 Å². The van der Waals surface area contributed by atoms with E-state index in [1.807, 2.05) is 49.7 Å². The van der Waals surface area contributed by atoms with Gasteiger partial charge in [0.1, 0.15) is 11.4 Å². The van der Waals surface area contributed by atoms with Gasteiger partial charge in [-0.05, 0) is 66.3 Å². The molecule has 0 aliphatic rings. The van der Waals surface area contributed by atoms with Crippen LogP contribution in [0.4, 0.5) is 0 Å². The Hall–Kier alpha value is -1.93. The lowest BCUT2D eigenvalue weighted by Crippen LogP contribution is -2.00. The Balaban J connectivity index is 2.12. The molecule has 2 aromatic heterocycles. The second-order valence-corrected chi connectivity index (χ2v) is 6.17.